The predicted molar refractivity (Wildman–Crippen MR) is 79.2 cm³/mol. The van der Waals surface area contributed by atoms with E-state index < -0.39 is 0 Å². The summed E-state index contributed by atoms with van der Waals surface area (Å²) in [6.07, 6.45) is 0. The van der Waals surface area contributed by atoms with Gasteiger partial charge in [0.05, 0.1) is 4.47 Å². The van der Waals surface area contributed by atoms with Crippen molar-refractivity contribution in [2.45, 2.75) is 13.5 Å². The smallest absolute Gasteiger partial charge is 0.158 e. The molecule has 0 aliphatic carbocycles. The number of nitrogens with one attached hydrogen (secondary N) is 1. The summed E-state index contributed by atoms with van der Waals surface area (Å²) in [5, 5.41) is 3.05. The van der Waals surface area contributed by atoms with Crippen LogP contribution >= 0.6 is 15.9 Å². The summed E-state index contributed by atoms with van der Waals surface area (Å²) in [5.41, 5.74) is 6.42. The lowest BCUT2D eigenvalue weighted by molar-refractivity contribution is 0.128. The molecule has 0 amide bonds. The average molecular weight is 341 g/mol. The summed E-state index contributed by atoms with van der Waals surface area (Å²) in [6, 6.07) is 6.20. The standard InChI is InChI=1S/C13H14BrFN4O/c1-2-20-7-13-18-11(16)6-12(19-13)17-8-3-4-10(15)9(14)5-8/h3-6H,2,7H2,1H3,(H3,16,17,18,19). The molecule has 3 N–H and O–H groups in total. The first-order valence-electron chi connectivity index (χ1n) is 6.01. The molecule has 0 atom stereocenters. The number of rotatable bonds is 5. The Morgan fingerprint density at radius 2 is 2.15 bits per heavy atom. The third kappa shape index (κ3) is 3.88. The Labute approximate surface area is 124 Å². The molecule has 0 saturated heterocycles. The van der Waals surface area contributed by atoms with Gasteiger partial charge < -0.3 is 15.8 Å². The number of hydrogen-bond acceptors (Lipinski definition) is 5. The Morgan fingerprint density at radius 3 is 2.85 bits per heavy atom. The van der Waals surface area contributed by atoms with Crippen LogP contribution in [0, 0.1) is 5.82 Å². The van der Waals surface area contributed by atoms with Crippen molar-refractivity contribution >= 4 is 33.3 Å². The van der Waals surface area contributed by atoms with Crippen LogP contribution in [0.5, 0.6) is 0 Å². The van der Waals surface area contributed by atoms with Crippen LogP contribution in [-0.4, -0.2) is 16.6 Å². The quantitative estimate of drug-likeness (QED) is 0.873. The topological polar surface area (TPSA) is 73.1 Å². The first kappa shape index (κ1) is 14.7. The summed E-state index contributed by atoms with van der Waals surface area (Å²) >= 11 is 3.13. The van der Waals surface area contributed by atoms with E-state index in [1.165, 1.54) is 6.07 Å². The van der Waals surface area contributed by atoms with E-state index in [0.29, 0.717) is 40.8 Å². The molecule has 1 heterocycles. The SMILES string of the molecule is CCOCc1nc(N)cc(Nc2ccc(F)c(Br)c2)n1. The molecule has 20 heavy (non-hydrogen) atoms. The van der Waals surface area contributed by atoms with Gasteiger partial charge in [0.25, 0.3) is 0 Å². The van der Waals surface area contributed by atoms with Crippen LogP contribution in [0.4, 0.5) is 21.7 Å². The molecular formula is C13H14BrFN4O. The van der Waals surface area contributed by atoms with Gasteiger partial charge in [0.15, 0.2) is 5.82 Å². The second-order valence-electron chi connectivity index (χ2n) is 3.99. The van der Waals surface area contributed by atoms with E-state index >= 15 is 0 Å². The zero-order valence-corrected chi connectivity index (χ0v) is 12.4. The molecule has 0 aliphatic rings. The van der Waals surface area contributed by atoms with Crippen LogP contribution in [0.15, 0.2) is 28.7 Å². The van der Waals surface area contributed by atoms with E-state index in [4.69, 9.17) is 10.5 Å². The Balaban J connectivity index is 2.19. The molecule has 5 nitrogen and oxygen atoms in total. The Hall–Kier alpha value is -1.73. The number of aromatic nitrogens is 2. The highest BCUT2D eigenvalue weighted by atomic mass is 79.9. The normalized spacial score (nSPS) is 10.6. The monoisotopic (exact) mass is 340 g/mol. The summed E-state index contributed by atoms with van der Waals surface area (Å²) in [7, 11) is 0. The summed E-state index contributed by atoms with van der Waals surface area (Å²) in [5.74, 6) is 1.05. The molecule has 1 aromatic carbocycles. The third-order valence-electron chi connectivity index (χ3n) is 2.42. The summed E-state index contributed by atoms with van der Waals surface area (Å²) in [6.45, 7) is 2.76. The van der Waals surface area contributed by atoms with Gasteiger partial charge >= 0.3 is 0 Å². The van der Waals surface area contributed by atoms with Crippen molar-refractivity contribution in [3.8, 4) is 0 Å². The van der Waals surface area contributed by atoms with Crippen LogP contribution < -0.4 is 11.1 Å². The molecule has 0 spiro atoms. The minimum absolute atomic E-state index is 0.295. The number of benzene rings is 1. The second-order valence-corrected chi connectivity index (χ2v) is 4.84. The third-order valence-corrected chi connectivity index (χ3v) is 3.03. The van der Waals surface area contributed by atoms with Crippen LogP contribution in [-0.2, 0) is 11.3 Å². The molecule has 0 aliphatic heterocycles. The van der Waals surface area contributed by atoms with E-state index in [1.807, 2.05) is 6.92 Å². The fraction of sp³-hybridized carbons (Fsp3) is 0.231. The zero-order valence-electron chi connectivity index (χ0n) is 10.9. The molecule has 0 bridgehead atoms. The highest BCUT2D eigenvalue weighted by molar-refractivity contribution is 9.10. The number of hydrogen-bond donors (Lipinski definition) is 2. The molecule has 106 valence electrons. The van der Waals surface area contributed by atoms with Crippen molar-refractivity contribution in [1.29, 1.82) is 0 Å². The minimum Gasteiger partial charge on any atom is -0.384 e. The van der Waals surface area contributed by atoms with Crippen LogP contribution in [0.25, 0.3) is 0 Å². The summed E-state index contributed by atoms with van der Waals surface area (Å²) in [4.78, 5) is 8.36. The lowest BCUT2D eigenvalue weighted by Gasteiger charge is -2.09. The van der Waals surface area contributed by atoms with E-state index in [9.17, 15) is 4.39 Å². The van der Waals surface area contributed by atoms with Crippen molar-refractivity contribution in [2.75, 3.05) is 17.7 Å². The van der Waals surface area contributed by atoms with Crippen molar-refractivity contribution in [2.24, 2.45) is 0 Å². The number of nitrogens with two attached hydrogens (primary N) is 1. The maximum atomic E-state index is 13.2. The van der Waals surface area contributed by atoms with Crippen LogP contribution in [0.1, 0.15) is 12.7 Å². The van der Waals surface area contributed by atoms with E-state index in [-0.39, 0.29) is 5.82 Å². The van der Waals surface area contributed by atoms with Crippen molar-refractivity contribution in [1.82, 2.24) is 9.97 Å². The van der Waals surface area contributed by atoms with Crippen LogP contribution in [0.2, 0.25) is 0 Å². The molecule has 2 rings (SSSR count). The first-order valence-corrected chi connectivity index (χ1v) is 6.81. The molecule has 7 heteroatoms. The van der Waals surface area contributed by atoms with Crippen molar-refractivity contribution in [3.63, 3.8) is 0 Å². The van der Waals surface area contributed by atoms with Gasteiger partial charge in [-0.25, -0.2) is 14.4 Å². The largest absolute Gasteiger partial charge is 0.384 e. The summed E-state index contributed by atoms with van der Waals surface area (Å²) < 4.78 is 18.8. The van der Waals surface area contributed by atoms with Crippen molar-refractivity contribution in [3.05, 3.63) is 40.4 Å². The molecular weight excluding hydrogens is 327 g/mol. The zero-order chi connectivity index (χ0) is 14.5. The maximum absolute atomic E-state index is 13.2. The van der Waals surface area contributed by atoms with Gasteiger partial charge in [-0.2, -0.15) is 0 Å². The van der Waals surface area contributed by atoms with Gasteiger partial charge in [0, 0.05) is 18.4 Å². The van der Waals surface area contributed by atoms with Gasteiger partial charge in [-0.05, 0) is 41.1 Å². The molecule has 0 unspecified atom stereocenters. The molecule has 2 aromatic rings. The molecule has 0 radical (unpaired) electrons. The Morgan fingerprint density at radius 1 is 1.35 bits per heavy atom. The van der Waals surface area contributed by atoms with Gasteiger partial charge in [0.1, 0.15) is 24.1 Å². The maximum Gasteiger partial charge on any atom is 0.158 e. The first-order chi connectivity index (χ1) is 9.58. The van der Waals surface area contributed by atoms with Gasteiger partial charge in [-0.15, -0.1) is 0 Å². The molecule has 1 aromatic heterocycles. The van der Waals surface area contributed by atoms with E-state index in [0.717, 1.165) is 0 Å². The number of nitrogens with zero attached hydrogens (tertiary/aromatic N) is 2. The Bertz CT molecular complexity index is 609. The highest BCUT2D eigenvalue weighted by Gasteiger charge is 2.05. The van der Waals surface area contributed by atoms with Gasteiger partial charge in [-0.3, -0.25) is 0 Å². The lowest BCUT2D eigenvalue weighted by Crippen LogP contribution is -2.05. The fourth-order valence-electron chi connectivity index (χ4n) is 1.56. The molecule has 0 fully saturated rings. The number of anilines is 3. The van der Waals surface area contributed by atoms with Gasteiger partial charge in [-0.1, -0.05) is 0 Å². The molecule has 0 saturated carbocycles. The lowest BCUT2D eigenvalue weighted by atomic mass is 10.3. The van der Waals surface area contributed by atoms with Crippen molar-refractivity contribution < 1.29 is 9.13 Å². The van der Waals surface area contributed by atoms with Gasteiger partial charge in [0.2, 0.25) is 0 Å². The number of nitrogen functional groups attached to an aromatic ring is 1. The van der Waals surface area contributed by atoms with E-state index in [2.05, 4.69) is 31.2 Å². The Kier molecular flexibility index (Phi) is 4.86. The van der Waals surface area contributed by atoms with E-state index in [1.54, 1.807) is 18.2 Å². The predicted octanol–water partition coefficient (Wildman–Crippen LogP) is 3.24. The minimum atomic E-state index is -0.324. The van der Waals surface area contributed by atoms with Crippen LogP contribution in [0.3, 0.4) is 0 Å². The second kappa shape index (κ2) is 6.62. The number of ether oxygens (including phenoxy) is 1. The fourth-order valence-corrected chi connectivity index (χ4v) is 1.94. The average Bonchev–Trinajstić information content (AvgIpc) is 2.40. The highest BCUT2D eigenvalue weighted by Crippen LogP contribution is 2.23. The number of halogens is 2.